The van der Waals surface area contributed by atoms with Gasteiger partial charge in [-0.3, -0.25) is 14.4 Å². The van der Waals surface area contributed by atoms with Gasteiger partial charge < -0.3 is 14.8 Å². The summed E-state index contributed by atoms with van der Waals surface area (Å²) in [5.41, 5.74) is 3.49. The molecule has 222 valence electrons. The molecule has 0 aliphatic rings. The van der Waals surface area contributed by atoms with Gasteiger partial charge in [-0.1, -0.05) is 61.4 Å². The molecule has 3 rings (SSSR count). The van der Waals surface area contributed by atoms with E-state index < -0.39 is 5.31 Å². The molecule has 3 aromatic carbocycles. The number of thioether (sulfide) groups is 2. The fourth-order valence-electron chi connectivity index (χ4n) is 3.73. The minimum Gasteiger partial charge on any atom is -0.463 e. The highest BCUT2D eigenvalue weighted by atomic mass is 32.2. The number of carbonyl (C=O) groups excluding carboxylic acids is 3. The van der Waals surface area contributed by atoms with Crippen molar-refractivity contribution >= 4 is 49.0 Å². The Hall–Kier alpha value is -3.01. The van der Waals surface area contributed by atoms with Gasteiger partial charge in [0.2, 0.25) is 0 Å². The third kappa shape index (κ3) is 11.3. The summed E-state index contributed by atoms with van der Waals surface area (Å²) >= 11 is 3.38. The van der Waals surface area contributed by atoms with Gasteiger partial charge in [-0.15, -0.1) is 23.5 Å². The van der Waals surface area contributed by atoms with Crippen LogP contribution >= 0.6 is 23.5 Å². The Kier molecular flexibility index (Phi) is 13.2. The number of aryl methyl sites for hydroxylation is 2. The first-order valence-corrected chi connectivity index (χ1v) is 16.1. The molecule has 0 saturated heterocycles. The number of benzene rings is 3. The summed E-state index contributed by atoms with van der Waals surface area (Å²) in [4.78, 5) is 40.2. The third-order valence-corrected chi connectivity index (χ3v) is 8.70. The number of nitrogens with one attached hydrogen (secondary N) is 1. The Morgan fingerprint density at radius 2 is 1.26 bits per heavy atom. The Morgan fingerprint density at radius 1 is 0.762 bits per heavy atom. The fraction of sp³-hybridized carbons (Fsp3) is 0.364. The maximum Gasteiger partial charge on any atom is 0.303 e. The lowest BCUT2D eigenvalue weighted by Crippen LogP contribution is -2.28. The highest BCUT2D eigenvalue weighted by molar-refractivity contribution is 8.00. The summed E-state index contributed by atoms with van der Waals surface area (Å²) in [6, 6.07) is 23.5. The summed E-state index contributed by atoms with van der Waals surface area (Å²) < 4.78 is 10.6. The Labute approximate surface area is 259 Å². The molecule has 1 amide bonds. The predicted octanol–water partition coefficient (Wildman–Crippen LogP) is 5.81. The zero-order valence-electron chi connectivity index (χ0n) is 25.1. The number of hydrogen-bond acceptors (Lipinski definition) is 7. The summed E-state index contributed by atoms with van der Waals surface area (Å²) in [5.74, 6) is 0.696. The van der Waals surface area contributed by atoms with Crippen LogP contribution in [0.4, 0.5) is 0 Å². The topological polar surface area (TPSA) is 81.7 Å². The van der Waals surface area contributed by atoms with Crippen molar-refractivity contribution in [2.75, 3.05) is 37.9 Å². The molecular formula is C33H40BNO5S2. The second kappa shape index (κ2) is 16.6. The smallest absolute Gasteiger partial charge is 0.303 e. The molecule has 0 fully saturated rings. The van der Waals surface area contributed by atoms with Crippen molar-refractivity contribution in [3.63, 3.8) is 0 Å². The number of hydrogen-bond donors (Lipinski definition) is 1. The predicted molar refractivity (Wildman–Crippen MR) is 175 cm³/mol. The van der Waals surface area contributed by atoms with Gasteiger partial charge in [0.15, 0.2) is 5.78 Å². The molecule has 1 N–H and O–H groups in total. The van der Waals surface area contributed by atoms with E-state index in [4.69, 9.17) is 9.47 Å². The van der Waals surface area contributed by atoms with Crippen LogP contribution in [0.15, 0.2) is 82.6 Å². The zero-order valence-corrected chi connectivity index (χ0v) is 26.7. The SMILES string of the molecule is BC(C)(C)C(=O)OCCOCCNC(=O)c1ccc(C(=O)C(CSc2ccc(C)cc2)CSc2ccc(C)cc2)cc1. The lowest BCUT2D eigenvalue weighted by Gasteiger charge is -2.16. The molecular weight excluding hydrogens is 565 g/mol. The molecule has 42 heavy (non-hydrogen) atoms. The summed E-state index contributed by atoms with van der Waals surface area (Å²) in [7, 11) is 1.80. The van der Waals surface area contributed by atoms with Crippen molar-refractivity contribution in [2.24, 2.45) is 5.92 Å². The third-order valence-electron chi connectivity index (χ3n) is 6.35. The van der Waals surface area contributed by atoms with Crippen molar-refractivity contribution < 1.29 is 23.9 Å². The summed E-state index contributed by atoms with van der Waals surface area (Å²) in [5, 5.41) is 2.27. The van der Waals surface area contributed by atoms with Gasteiger partial charge in [-0.05, 0) is 50.2 Å². The summed E-state index contributed by atoms with van der Waals surface area (Å²) in [6.07, 6.45) is 0. The van der Waals surface area contributed by atoms with Crippen LogP contribution in [-0.2, 0) is 14.3 Å². The van der Waals surface area contributed by atoms with Gasteiger partial charge in [-0.2, -0.15) is 0 Å². The van der Waals surface area contributed by atoms with E-state index in [-0.39, 0.29) is 36.8 Å². The lowest BCUT2D eigenvalue weighted by atomic mass is 9.73. The molecule has 9 heteroatoms. The molecule has 0 unspecified atom stereocenters. The monoisotopic (exact) mass is 605 g/mol. The minimum atomic E-state index is -0.546. The van der Waals surface area contributed by atoms with Gasteiger partial charge in [-0.25, -0.2) is 0 Å². The van der Waals surface area contributed by atoms with E-state index in [9.17, 15) is 14.4 Å². The first-order chi connectivity index (χ1) is 20.0. The molecule has 0 aromatic heterocycles. The average molecular weight is 606 g/mol. The van der Waals surface area contributed by atoms with E-state index in [1.165, 1.54) is 11.1 Å². The Bertz CT molecular complexity index is 1260. The van der Waals surface area contributed by atoms with Crippen LogP contribution in [0.2, 0.25) is 5.31 Å². The zero-order chi connectivity index (χ0) is 30.5. The van der Waals surface area contributed by atoms with E-state index in [1.807, 2.05) is 0 Å². The number of ether oxygens (including phenoxy) is 2. The van der Waals surface area contributed by atoms with Crippen LogP contribution in [0.3, 0.4) is 0 Å². The van der Waals surface area contributed by atoms with E-state index in [2.05, 4.69) is 67.7 Å². The molecule has 6 nitrogen and oxygen atoms in total. The first kappa shape index (κ1) is 33.5. The number of amides is 1. The highest BCUT2D eigenvalue weighted by Crippen LogP contribution is 2.28. The van der Waals surface area contributed by atoms with Crippen molar-refractivity contribution in [3.8, 4) is 0 Å². The molecule has 0 radical (unpaired) electrons. The molecule has 0 heterocycles. The number of ketones is 1. The van der Waals surface area contributed by atoms with Gasteiger partial charge in [0.05, 0.1) is 13.2 Å². The lowest BCUT2D eigenvalue weighted by molar-refractivity contribution is -0.147. The van der Waals surface area contributed by atoms with Crippen molar-refractivity contribution in [1.29, 1.82) is 0 Å². The van der Waals surface area contributed by atoms with Crippen LogP contribution < -0.4 is 5.32 Å². The van der Waals surface area contributed by atoms with Crippen molar-refractivity contribution in [3.05, 3.63) is 95.1 Å². The quantitative estimate of drug-likeness (QED) is 0.0726. The van der Waals surface area contributed by atoms with Crippen LogP contribution in [0, 0.1) is 19.8 Å². The maximum absolute atomic E-state index is 13.6. The first-order valence-electron chi connectivity index (χ1n) is 14.1. The van der Waals surface area contributed by atoms with E-state index >= 15 is 0 Å². The second-order valence-electron chi connectivity index (χ2n) is 11.1. The van der Waals surface area contributed by atoms with Gasteiger partial charge >= 0.3 is 5.97 Å². The highest BCUT2D eigenvalue weighted by Gasteiger charge is 2.23. The minimum absolute atomic E-state index is 0.0711. The van der Waals surface area contributed by atoms with E-state index in [0.717, 1.165) is 9.79 Å². The molecule has 0 atom stereocenters. The molecule has 0 bridgehead atoms. The average Bonchev–Trinajstić information content (AvgIpc) is 2.97. The van der Waals surface area contributed by atoms with Crippen molar-refractivity contribution in [2.45, 2.75) is 42.8 Å². The molecule has 0 saturated carbocycles. The number of esters is 1. The Morgan fingerprint density at radius 3 is 1.76 bits per heavy atom. The van der Waals surface area contributed by atoms with Gasteiger partial charge in [0, 0.05) is 50.2 Å². The largest absolute Gasteiger partial charge is 0.463 e. The van der Waals surface area contributed by atoms with E-state index in [0.29, 0.717) is 35.8 Å². The van der Waals surface area contributed by atoms with Crippen molar-refractivity contribution in [1.82, 2.24) is 5.32 Å². The Balaban J connectivity index is 1.51. The fourth-order valence-corrected chi connectivity index (χ4v) is 5.87. The van der Waals surface area contributed by atoms with E-state index in [1.54, 1.807) is 69.5 Å². The normalized spacial score (nSPS) is 11.4. The number of Topliss-reactive ketones (excluding diaryl/α,β-unsaturated/α-hetero) is 1. The molecule has 0 aliphatic heterocycles. The standard InChI is InChI=1S/C33H40BNO5S2/c1-23-5-13-28(14-6-23)41-21-27(22-42-29-15-7-24(2)8-16-29)30(36)25-9-11-26(12-10-25)31(37)35-17-18-39-19-20-40-32(38)33(3,4)34/h5-16,27H,17-22,34H2,1-4H3,(H,35,37). The van der Waals surface area contributed by atoms with Crippen LogP contribution in [0.5, 0.6) is 0 Å². The molecule has 0 spiro atoms. The number of rotatable bonds is 16. The van der Waals surface area contributed by atoms with Crippen LogP contribution in [0.1, 0.15) is 45.7 Å². The van der Waals surface area contributed by atoms with Gasteiger partial charge in [0.25, 0.3) is 5.91 Å². The second-order valence-corrected chi connectivity index (χ2v) is 13.3. The number of carbonyl (C=O) groups is 3. The maximum atomic E-state index is 13.6. The van der Waals surface area contributed by atoms with Crippen LogP contribution in [-0.4, -0.2) is 63.4 Å². The van der Waals surface area contributed by atoms with Crippen LogP contribution in [0.25, 0.3) is 0 Å². The molecule has 3 aromatic rings. The molecule has 0 aliphatic carbocycles. The van der Waals surface area contributed by atoms with Gasteiger partial charge in [0.1, 0.15) is 14.5 Å². The summed E-state index contributed by atoms with van der Waals surface area (Å²) in [6.45, 7) is 8.77.